The van der Waals surface area contributed by atoms with Crippen molar-refractivity contribution in [1.82, 2.24) is 14.1 Å². The number of nitrogens with zero attached hydrogens (tertiary/aromatic N) is 3. The van der Waals surface area contributed by atoms with E-state index in [0.29, 0.717) is 42.6 Å². The van der Waals surface area contributed by atoms with Gasteiger partial charge in [-0.3, -0.25) is 4.79 Å². The van der Waals surface area contributed by atoms with Crippen LogP contribution in [-0.4, -0.2) is 55.4 Å². The largest absolute Gasteiger partial charge is 0.382 e. The van der Waals surface area contributed by atoms with Gasteiger partial charge in [-0.1, -0.05) is 34.8 Å². The first-order valence-electron chi connectivity index (χ1n) is 10.8. The average Bonchev–Trinajstić information content (AvgIpc) is 2.82. The Morgan fingerprint density at radius 1 is 1.12 bits per heavy atom. The van der Waals surface area contributed by atoms with Gasteiger partial charge in [-0.05, 0) is 49.8 Å². The highest BCUT2D eigenvalue weighted by molar-refractivity contribution is 7.89. The summed E-state index contributed by atoms with van der Waals surface area (Å²) < 4.78 is 34.2. The zero-order chi connectivity index (χ0) is 23.6. The van der Waals surface area contributed by atoms with Gasteiger partial charge in [0.2, 0.25) is 10.0 Å². The number of ether oxygens (including phenoxy) is 1. The van der Waals surface area contributed by atoms with Crippen LogP contribution in [0.25, 0.3) is 0 Å². The molecule has 33 heavy (non-hydrogen) atoms. The predicted octanol–water partition coefficient (Wildman–Crippen LogP) is 4.07. The molecule has 2 aliphatic heterocycles. The number of hydrogen-bond donors (Lipinski definition) is 1. The highest BCUT2D eigenvalue weighted by Crippen LogP contribution is 2.30. The number of rotatable bonds is 6. The Bertz CT molecular complexity index is 1160. The van der Waals surface area contributed by atoms with Crippen molar-refractivity contribution >= 4 is 50.5 Å². The molecule has 4 rings (SSSR count). The topological polar surface area (TPSA) is 93.5 Å². The standard InChI is InChI=1S/C21H25Cl3N4O4S/c22-17-4-3-16(10-18(17)23)33(30,31)27-7-5-15(6-8-27)28-21(29)20(24)19(12-26-28)25-11-14-2-1-9-32-13-14/h3-4,10,12,14-15,25H,1-2,5-9,11,13H2/t14-/m0/s1. The number of piperidine rings is 1. The molecule has 2 aromatic rings. The summed E-state index contributed by atoms with van der Waals surface area (Å²) in [5.41, 5.74) is 0.121. The molecule has 0 saturated carbocycles. The van der Waals surface area contributed by atoms with E-state index in [1.54, 1.807) is 6.20 Å². The molecular weight excluding hydrogens is 511 g/mol. The van der Waals surface area contributed by atoms with Gasteiger partial charge in [0.05, 0.1) is 39.5 Å². The van der Waals surface area contributed by atoms with E-state index in [2.05, 4.69) is 10.4 Å². The fourth-order valence-electron chi connectivity index (χ4n) is 4.16. The van der Waals surface area contributed by atoms with E-state index >= 15 is 0 Å². The van der Waals surface area contributed by atoms with E-state index < -0.39 is 10.0 Å². The zero-order valence-corrected chi connectivity index (χ0v) is 20.9. The van der Waals surface area contributed by atoms with Crippen molar-refractivity contribution in [2.24, 2.45) is 5.92 Å². The predicted molar refractivity (Wildman–Crippen MR) is 129 cm³/mol. The molecule has 1 atom stereocenters. The van der Waals surface area contributed by atoms with Crippen LogP contribution in [0.5, 0.6) is 0 Å². The molecule has 0 radical (unpaired) electrons. The van der Waals surface area contributed by atoms with Crippen molar-refractivity contribution in [3.8, 4) is 0 Å². The fraction of sp³-hybridized carbons (Fsp3) is 0.524. The van der Waals surface area contributed by atoms with E-state index in [1.165, 1.54) is 27.2 Å². The van der Waals surface area contributed by atoms with Crippen LogP contribution in [-0.2, 0) is 14.8 Å². The number of benzene rings is 1. The van der Waals surface area contributed by atoms with Gasteiger partial charge in [-0.15, -0.1) is 0 Å². The zero-order valence-electron chi connectivity index (χ0n) is 17.8. The number of hydrogen-bond acceptors (Lipinski definition) is 6. The van der Waals surface area contributed by atoms with Crippen LogP contribution in [0.1, 0.15) is 31.7 Å². The quantitative estimate of drug-likeness (QED) is 0.599. The maximum Gasteiger partial charge on any atom is 0.287 e. The number of sulfonamides is 1. The monoisotopic (exact) mass is 534 g/mol. The van der Waals surface area contributed by atoms with Crippen LogP contribution < -0.4 is 10.9 Å². The van der Waals surface area contributed by atoms with Gasteiger partial charge < -0.3 is 10.1 Å². The average molecular weight is 536 g/mol. The lowest BCUT2D eigenvalue weighted by atomic mass is 10.0. The highest BCUT2D eigenvalue weighted by atomic mass is 35.5. The molecule has 0 bridgehead atoms. The SMILES string of the molecule is O=c1c(Cl)c(NC[C@@H]2CCCOC2)cnn1C1CCN(S(=O)(=O)c2ccc(Cl)c(Cl)c2)CC1. The van der Waals surface area contributed by atoms with Gasteiger partial charge in [0.25, 0.3) is 5.56 Å². The molecule has 2 saturated heterocycles. The van der Waals surface area contributed by atoms with Gasteiger partial charge in [0.1, 0.15) is 5.02 Å². The van der Waals surface area contributed by atoms with E-state index in [9.17, 15) is 13.2 Å². The maximum absolute atomic E-state index is 13.0. The summed E-state index contributed by atoms with van der Waals surface area (Å²) in [5, 5.41) is 8.10. The summed E-state index contributed by atoms with van der Waals surface area (Å²) in [5.74, 6) is 0.374. The van der Waals surface area contributed by atoms with Crippen molar-refractivity contribution in [1.29, 1.82) is 0 Å². The van der Waals surface area contributed by atoms with Crippen molar-refractivity contribution in [2.75, 3.05) is 38.2 Å². The molecule has 0 amide bonds. The minimum absolute atomic E-state index is 0.0903. The molecule has 0 spiro atoms. The highest BCUT2D eigenvalue weighted by Gasteiger charge is 2.31. The maximum atomic E-state index is 13.0. The van der Waals surface area contributed by atoms with Crippen molar-refractivity contribution in [3.05, 3.63) is 49.8 Å². The van der Waals surface area contributed by atoms with E-state index in [4.69, 9.17) is 39.5 Å². The lowest BCUT2D eigenvalue weighted by Crippen LogP contribution is -2.41. The molecule has 8 nitrogen and oxygen atoms in total. The summed E-state index contributed by atoms with van der Waals surface area (Å²) in [4.78, 5) is 12.9. The van der Waals surface area contributed by atoms with Crippen LogP contribution in [0.3, 0.4) is 0 Å². The summed E-state index contributed by atoms with van der Waals surface area (Å²) in [6.07, 6.45) is 4.54. The third kappa shape index (κ3) is 5.49. The Kier molecular flexibility index (Phi) is 7.87. The Balaban J connectivity index is 1.41. The summed E-state index contributed by atoms with van der Waals surface area (Å²) >= 11 is 18.2. The first kappa shape index (κ1) is 24.8. The molecule has 0 unspecified atom stereocenters. The second kappa shape index (κ2) is 10.5. The van der Waals surface area contributed by atoms with Gasteiger partial charge >= 0.3 is 0 Å². The Hall–Kier alpha value is -1.36. The Morgan fingerprint density at radius 3 is 2.55 bits per heavy atom. The molecule has 1 aromatic heterocycles. The second-order valence-corrected chi connectivity index (χ2v) is 11.4. The van der Waals surface area contributed by atoms with Crippen molar-refractivity contribution in [3.63, 3.8) is 0 Å². The first-order valence-corrected chi connectivity index (χ1v) is 13.4. The Labute approximate surface area is 207 Å². The van der Waals surface area contributed by atoms with Gasteiger partial charge in [-0.2, -0.15) is 9.40 Å². The van der Waals surface area contributed by atoms with Crippen LogP contribution in [0.4, 0.5) is 5.69 Å². The smallest absolute Gasteiger partial charge is 0.287 e. The number of halogens is 3. The molecule has 3 heterocycles. The lowest BCUT2D eigenvalue weighted by Gasteiger charge is -2.31. The molecule has 1 aromatic carbocycles. The molecular formula is C21H25Cl3N4O4S. The van der Waals surface area contributed by atoms with Crippen LogP contribution in [0, 0.1) is 5.92 Å². The summed E-state index contributed by atoms with van der Waals surface area (Å²) in [7, 11) is -3.71. The third-order valence-electron chi connectivity index (χ3n) is 6.08. The van der Waals surface area contributed by atoms with Crippen molar-refractivity contribution in [2.45, 2.75) is 36.6 Å². The molecule has 0 aliphatic carbocycles. The van der Waals surface area contributed by atoms with Gasteiger partial charge in [0, 0.05) is 26.2 Å². The van der Waals surface area contributed by atoms with Crippen LogP contribution >= 0.6 is 34.8 Å². The molecule has 12 heteroatoms. The van der Waals surface area contributed by atoms with Gasteiger partial charge in [-0.25, -0.2) is 13.1 Å². The molecule has 2 fully saturated rings. The van der Waals surface area contributed by atoms with E-state index in [0.717, 1.165) is 19.4 Å². The first-order chi connectivity index (χ1) is 15.8. The molecule has 180 valence electrons. The van der Waals surface area contributed by atoms with Crippen molar-refractivity contribution < 1.29 is 13.2 Å². The lowest BCUT2D eigenvalue weighted by molar-refractivity contribution is 0.0595. The second-order valence-electron chi connectivity index (χ2n) is 8.30. The van der Waals surface area contributed by atoms with E-state index in [1.807, 2.05) is 0 Å². The third-order valence-corrected chi connectivity index (χ3v) is 9.08. The van der Waals surface area contributed by atoms with E-state index in [-0.39, 0.29) is 39.6 Å². The minimum atomic E-state index is -3.71. The van der Waals surface area contributed by atoms with Gasteiger partial charge in [0.15, 0.2) is 0 Å². The van der Waals surface area contributed by atoms with Crippen LogP contribution in [0.2, 0.25) is 15.1 Å². The minimum Gasteiger partial charge on any atom is -0.382 e. The number of anilines is 1. The normalized spacial score (nSPS) is 20.6. The Morgan fingerprint density at radius 2 is 1.88 bits per heavy atom. The molecule has 2 aliphatic rings. The summed E-state index contributed by atoms with van der Waals surface area (Å²) in [6.45, 7) is 2.65. The van der Waals surface area contributed by atoms with Crippen LogP contribution in [0.15, 0.2) is 34.1 Å². The summed E-state index contributed by atoms with van der Waals surface area (Å²) in [6, 6.07) is 4.01. The number of aromatic nitrogens is 2. The number of nitrogens with one attached hydrogen (secondary N) is 1. The fourth-order valence-corrected chi connectivity index (χ4v) is 6.23. The molecule has 1 N–H and O–H groups in total.